The van der Waals surface area contributed by atoms with Gasteiger partial charge in [0.2, 0.25) is 5.82 Å². The lowest BCUT2D eigenvalue weighted by Gasteiger charge is -2.03. The fraction of sp³-hybridized carbons (Fsp3) is 0.111. The van der Waals surface area contributed by atoms with Crippen LogP contribution in [0.1, 0.15) is 0 Å². The summed E-state index contributed by atoms with van der Waals surface area (Å²) < 4.78 is 30.3. The molecule has 0 saturated carbocycles. The molecular weight excluding hydrogens is 198 g/mol. The van der Waals surface area contributed by atoms with E-state index in [-0.39, 0.29) is 12.4 Å². The average Bonchev–Trinajstić information content (AvgIpc) is 2.13. The standard InChI is InChI=1S/C9H7ClF2O/c10-5-2-6-13-8-4-1-3-7(11)9(8)12/h1-5H,6H2/b5-2+. The van der Waals surface area contributed by atoms with Crippen LogP contribution in [-0.4, -0.2) is 6.61 Å². The van der Waals surface area contributed by atoms with Gasteiger partial charge in [-0.15, -0.1) is 0 Å². The molecule has 13 heavy (non-hydrogen) atoms. The van der Waals surface area contributed by atoms with Gasteiger partial charge >= 0.3 is 0 Å². The third-order valence-electron chi connectivity index (χ3n) is 1.34. The average molecular weight is 205 g/mol. The van der Waals surface area contributed by atoms with E-state index in [1.54, 1.807) is 0 Å². The van der Waals surface area contributed by atoms with Crippen LogP contribution in [0.4, 0.5) is 8.78 Å². The quantitative estimate of drug-likeness (QED) is 0.735. The molecule has 0 heterocycles. The van der Waals surface area contributed by atoms with Gasteiger partial charge in [0.1, 0.15) is 6.61 Å². The fourth-order valence-electron chi connectivity index (χ4n) is 0.770. The van der Waals surface area contributed by atoms with Crippen LogP contribution >= 0.6 is 11.6 Å². The number of ether oxygens (including phenoxy) is 1. The number of rotatable bonds is 3. The molecule has 1 aromatic carbocycles. The molecule has 1 nitrogen and oxygen atoms in total. The van der Waals surface area contributed by atoms with Crippen molar-refractivity contribution in [2.75, 3.05) is 6.61 Å². The second kappa shape index (κ2) is 4.82. The molecule has 0 bridgehead atoms. The highest BCUT2D eigenvalue weighted by molar-refractivity contribution is 6.25. The van der Waals surface area contributed by atoms with Crippen molar-refractivity contribution in [3.05, 3.63) is 41.4 Å². The molecule has 0 amide bonds. The van der Waals surface area contributed by atoms with E-state index in [4.69, 9.17) is 16.3 Å². The maximum absolute atomic E-state index is 12.9. The first-order chi connectivity index (χ1) is 6.25. The van der Waals surface area contributed by atoms with Crippen molar-refractivity contribution in [1.82, 2.24) is 0 Å². The summed E-state index contributed by atoms with van der Waals surface area (Å²) in [6.45, 7) is 0.115. The molecule has 0 N–H and O–H groups in total. The van der Waals surface area contributed by atoms with Gasteiger partial charge in [0.05, 0.1) is 0 Å². The summed E-state index contributed by atoms with van der Waals surface area (Å²) in [5, 5.41) is 0. The van der Waals surface area contributed by atoms with Crippen LogP contribution in [0.25, 0.3) is 0 Å². The van der Waals surface area contributed by atoms with Crippen molar-refractivity contribution >= 4 is 11.6 Å². The van der Waals surface area contributed by atoms with Gasteiger partial charge < -0.3 is 4.74 Å². The minimum Gasteiger partial charge on any atom is -0.486 e. The topological polar surface area (TPSA) is 9.23 Å². The molecule has 70 valence electrons. The summed E-state index contributed by atoms with van der Waals surface area (Å²) in [5.41, 5.74) is 1.25. The molecule has 0 fully saturated rings. The minimum atomic E-state index is -0.981. The van der Waals surface area contributed by atoms with Gasteiger partial charge in [-0.3, -0.25) is 0 Å². The van der Waals surface area contributed by atoms with E-state index < -0.39 is 11.6 Å². The van der Waals surface area contributed by atoms with Crippen molar-refractivity contribution in [3.8, 4) is 5.75 Å². The van der Waals surface area contributed by atoms with Gasteiger partial charge in [-0.25, -0.2) is 4.39 Å². The highest BCUT2D eigenvalue weighted by Gasteiger charge is 2.07. The van der Waals surface area contributed by atoms with E-state index in [2.05, 4.69) is 0 Å². The molecular formula is C9H7ClF2O. The summed E-state index contributed by atoms with van der Waals surface area (Å²) in [6.07, 6.45) is 1.48. The van der Waals surface area contributed by atoms with Crippen LogP contribution in [0, 0.1) is 11.6 Å². The Balaban J connectivity index is 2.71. The van der Waals surface area contributed by atoms with Crippen LogP contribution in [-0.2, 0) is 0 Å². The van der Waals surface area contributed by atoms with Crippen molar-refractivity contribution in [2.45, 2.75) is 0 Å². The smallest absolute Gasteiger partial charge is 0.200 e. The van der Waals surface area contributed by atoms with Crippen molar-refractivity contribution < 1.29 is 13.5 Å². The zero-order valence-electron chi connectivity index (χ0n) is 6.64. The molecule has 0 aliphatic heterocycles. The maximum Gasteiger partial charge on any atom is 0.200 e. The minimum absolute atomic E-state index is 0.115. The molecule has 0 aliphatic rings. The molecule has 0 saturated heterocycles. The van der Waals surface area contributed by atoms with Crippen LogP contribution in [0.3, 0.4) is 0 Å². The summed E-state index contributed by atoms with van der Waals surface area (Å²) >= 11 is 5.21. The predicted molar refractivity (Wildman–Crippen MR) is 46.8 cm³/mol. The van der Waals surface area contributed by atoms with Crippen molar-refractivity contribution in [1.29, 1.82) is 0 Å². The summed E-state index contributed by atoms with van der Waals surface area (Å²) in [5.74, 6) is -2.02. The molecule has 0 spiro atoms. The molecule has 0 unspecified atom stereocenters. The van der Waals surface area contributed by atoms with E-state index >= 15 is 0 Å². The van der Waals surface area contributed by atoms with Crippen molar-refractivity contribution in [3.63, 3.8) is 0 Å². The third kappa shape index (κ3) is 2.70. The second-order valence-corrected chi connectivity index (χ2v) is 2.48. The molecule has 1 rings (SSSR count). The van der Waals surface area contributed by atoms with Crippen LogP contribution in [0.2, 0.25) is 0 Å². The van der Waals surface area contributed by atoms with Gasteiger partial charge in [-0.05, 0) is 18.2 Å². The van der Waals surface area contributed by atoms with Gasteiger partial charge in [0.25, 0.3) is 0 Å². The summed E-state index contributed by atoms with van der Waals surface area (Å²) in [4.78, 5) is 0. The summed E-state index contributed by atoms with van der Waals surface area (Å²) in [7, 11) is 0. The van der Waals surface area contributed by atoms with Gasteiger partial charge in [0, 0.05) is 5.54 Å². The Morgan fingerprint density at radius 3 is 2.85 bits per heavy atom. The highest BCUT2D eigenvalue weighted by Crippen LogP contribution is 2.18. The first-order valence-corrected chi connectivity index (χ1v) is 4.01. The van der Waals surface area contributed by atoms with E-state index in [0.29, 0.717) is 0 Å². The van der Waals surface area contributed by atoms with E-state index in [1.807, 2.05) is 0 Å². The lowest BCUT2D eigenvalue weighted by atomic mass is 10.3. The van der Waals surface area contributed by atoms with Gasteiger partial charge in [-0.1, -0.05) is 17.7 Å². The van der Waals surface area contributed by atoms with Crippen LogP contribution < -0.4 is 4.74 Å². The van der Waals surface area contributed by atoms with Gasteiger partial charge in [-0.2, -0.15) is 4.39 Å². The Hall–Kier alpha value is -1.09. The molecule has 0 aliphatic carbocycles. The Labute approximate surface area is 79.6 Å². The third-order valence-corrected chi connectivity index (χ3v) is 1.52. The Kier molecular flexibility index (Phi) is 3.71. The zero-order chi connectivity index (χ0) is 9.68. The first kappa shape index (κ1) is 9.99. The highest BCUT2D eigenvalue weighted by atomic mass is 35.5. The Morgan fingerprint density at radius 2 is 2.15 bits per heavy atom. The molecule has 0 atom stereocenters. The number of halogens is 3. The number of hydrogen-bond acceptors (Lipinski definition) is 1. The first-order valence-electron chi connectivity index (χ1n) is 3.57. The van der Waals surface area contributed by atoms with Crippen LogP contribution in [0.15, 0.2) is 29.8 Å². The molecule has 4 heteroatoms. The predicted octanol–water partition coefficient (Wildman–Crippen LogP) is 3.10. The maximum atomic E-state index is 12.9. The van der Waals surface area contributed by atoms with Crippen LogP contribution in [0.5, 0.6) is 5.75 Å². The lowest BCUT2D eigenvalue weighted by Crippen LogP contribution is -1.97. The summed E-state index contributed by atoms with van der Waals surface area (Å²) in [6, 6.07) is 3.75. The molecule has 0 radical (unpaired) electrons. The molecule has 0 aromatic heterocycles. The monoisotopic (exact) mass is 204 g/mol. The lowest BCUT2D eigenvalue weighted by molar-refractivity contribution is 0.332. The largest absolute Gasteiger partial charge is 0.486 e. The Bertz CT molecular complexity index is 312. The van der Waals surface area contributed by atoms with E-state index in [9.17, 15) is 8.78 Å². The fourth-order valence-corrected chi connectivity index (χ4v) is 0.842. The number of benzene rings is 1. The SMILES string of the molecule is Fc1cccc(OC/C=C/Cl)c1F. The van der Waals surface area contributed by atoms with Crippen molar-refractivity contribution in [2.24, 2.45) is 0 Å². The number of hydrogen-bond donors (Lipinski definition) is 0. The normalized spacial score (nSPS) is 10.7. The van der Waals surface area contributed by atoms with Gasteiger partial charge in [0.15, 0.2) is 11.6 Å². The molecule has 1 aromatic rings. The second-order valence-electron chi connectivity index (χ2n) is 2.22. The zero-order valence-corrected chi connectivity index (χ0v) is 7.39. The Morgan fingerprint density at radius 1 is 1.38 bits per heavy atom. The van der Waals surface area contributed by atoms with E-state index in [0.717, 1.165) is 6.07 Å². The van der Waals surface area contributed by atoms with E-state index in [1.165, 1.54) is 23.7 Å².